The zero-order chi connectivity index (χ0) is 19.1. The lowest BCUT2D eigenvalue weighted by Gasteiger charge is -2.07. The molecule has 0 unspecified atom stereocenters. The van der Waals surface area contributed by atoms with Crippen LogP contribution in [0.1, 0.15) is 11.1 Å². The minimum Gasteiger partial charge on any atom is -0.493 e. The largest absolute Gasteiger partial charge is 0.493 e. The van der Waals surface area contributed by atoms with Crippen molar-refractivity contribution in [1.29, 1.82) is 0 Å². The summed E-state index contributed by atoms with van der Waals surface area (Å²) in [6, 6.07) is 11.0. The maximum atomic E-state index is 11.8. The zero-order valence-corrected chi connectivity index (χ0v) is 15.1. The number of ether oxygens (including phenoxy) is 5. The Morgan fingerprint density at radius 3 is 2.52 bits per heavy atom. The van der Waals surface area contributed by atoms with Gasteiger partial charge in [0.05, 0.1) is 14.2 Å². The Bertz CT molecular complexity index is 869. The van der Waals surface area contributed by atoms with Crippen LogP contribution < -0.4 is 18.9 Å². The highest BCUT2D eigenvalue weighted by molar-refractivity contribution is 5.87. The fourth-order valence-corrected chi connectivity index (χ4v) is 2.50. The summed E-state index contributed by atoms with van der Waals surface area (Å²) in [4.78, 5) is 11.8. The SMILES string of the molecule is COc1ccc(C=CC(=O)OCC=Cc2ccc3c(c2)OCO3)cc1OC. The topological polar surface area (TPSA) is 63.2 Å². The highest BCUT2D eigenvalue weighted by Crippen LogP contribution is 2.32. The fourth-order valence-electron chi connectivity index (χ4n) is 2.50. The molecule has 6 heteroatoms. The monoisotopic (exact) mass is 368 g/mol. The van der Waals surface area contributed by atoms with E-state index >= 15 is 0 Å². The molecule has 0 saturated carbocycles. The maximum Gasteiger partial charge on any atom is 0.331 e. The minimum absolute atomic E-state index is 0.170. The highest BCUT2D eigenvalue weighted by Gasteiger charge is 2.12. The second-order valence-corrected chi connectivity index (χ2v) is 5.59. The van der Waals surface area contributed by atoms with Gasteiger partial charge in [-0.05, 0) is 47.5 Å². The van der Waals surface area contributed by atoms with Crippen molar-refractivity contribution in [1.82, 2.24) is 0 Å². The first-order valence-electron chi connectivity index (χ1n) is 8.32. The standard InChI is InChI=1S/C21H20O6/c1-23-17-8-5-16(12-19(17)24-2)7-10-21(22)25-11-3-4-15-6-9-18-20(13-15)27-14-26-18/h3-10,12-13H,11,14H2,1-2H3. The van der Waals surface area contributed by atoms with Crippen LogP contribution in [0.4, 0.5) is 0 Å². The van der Waals surface area contributed by atoms with Gasteiger partial charge in [-0.2, -0.15) is 0 Å². The fraction of sp³-hybridized carbons (Fsp3) is 0.190. The number of benzene rings is 2. The molecule has 0 bridgehead atoms. The molecule has 3 rings (SSSR count). The molecule has 0 spiro atoms. The van der Waals surface area contributed by atoms with Crippen LogP contribution >= 0.6 is 0 Å². The third-order valence-electron chi connectivity index (χ3n) is 3.85. The van der Waals surface area contributed by atoms with Crippen molar-refractivity contribution in [2.45, 2.75) is 0 Å². The Kier molecular flexibility index (Phi) is 5.99. The number of methoxy groups -OCH3 is 2. The van der Waals surface area contributed by atoms with Crippen molar-refractivity contribution < 1.29 is 28.5 Å². The van der Waals surface area contributed by atoms with E-state index in [0.717, 1.165) is 16.9 Å². The quantitative estimate of drug-likeness (QED) is 0.548. The third-order valence-corrected chi connectivity index (χ3v) is 3.85. The first-order valence-corrected chi connectivity index (χ1v) is 8.32. The lowest BCUT2D eigenvalue weighted by Crippen LogP contribution is -1.99. The molecular formula is C21H20O6. The molecule has 0 saturated heterocycles. The molecule has 0 atom stereocenters. The molecule has 2 aromatic rings. The van der Waals surface area contributed by atoms with Gasteiger partial charge in [0.1, 0.15) is 6.61 Å². The van der Waals surface area contributed by atoms with Gasteiger partial charge in [-0.3, -0.25) is 0 Å². The van der Waals surface area contributed by atoms with Gasteiger partial charge in [-0.1, -0.05) is 18.2 Å². The van der Waals surface area contributed by atoms with E-state index in [1.807, 2.05) is 30.3 Å². The normalized spacial score (nSPS) is 12.5. The molecule has 6 nitrogen and oxygen atoms in total. The van der Waals surface area contributed by atoms with Gasteiger partial charge in [-0.25, -0.2) is 4.79 Å². The van der Waals surface area contributed by atoms with Gasteiger partial charge in [0.2, 0.25) is 6.79 Å². The second-order valence-electron chi connectivity index (χ2n) is 5.59. The predicted octanol–water partition coefficient (Wildman–Crippen LogP) is 3.70. The van der Waals surface area contributed by atoms with Crippen molar-refractivity contribution in [2.75, 3.05) is 27.6 Å². The summed E-state index contributed by atoms with van der Waals surface area (Å²) in [5.41, 5.74) is 1.75. The molecule has 27 heavy (non-hydrogen) atoms. The van der Waals surface area contributed by atoms with Crippen LogP contribution in [0, 0.1) is 0 Å². The first kappa shape index (κ1) is 18.4. The number of carbonyl (C=O) groups excluding carboxylic acids is 1. The number of hydrogen-bond acceptors (Lipinski definition) is 6. The Labute approximate surface area is 157 Å². The van der Waals surface area contributed by atoms with Crippen LogP contribution in [-0.2, 0) is 9.53 Å². The van der Waals surface area contributed by atoms with Crippen molar-refractivity contribution in [3.05, 3.63) is 59.7 Å². The Morgan fingerprint density at radius 2 is 1.70 bits per heavy atom. The molecule has 0 radical (unpaired) electrons. The molecule has 140 valence electrons. The molecule has 0 amide bonds. The lowest BCUT2D eigenvalue weighted by atomic mass is 10.2. The molecule has 0 aromatic heterocycles. The number of carbonyl (C=O) groups is 1. The van der Waals surface area contributed by atoms with E-state index in [2.05, 4.69) is 0 Å². The number of rotatable bonds is 7. The van der Waals surface area contributed by atoms with Crippen LogP contribution in [0.3, 0.4) is 0 Å². The van der Waals surface area contributed by atoms with Crippen LogP contribution in [0.5, 0.6) is 23.0 Å². The van der Waals surface area contributed by atoms with Gasteiger partial charge in [0, 0.05) is 6.08 Å². The van der Waals surface area contributed by atoms with E-state index in [9.17, 15) is 4.79 Å². The maximum absolute atomic E-state index is 11.8. The summed E-state index contributed by atoms with van der Waals surface area (Å²) in [6.07, 6.45) is 6.65. The Balaban J connectivity index is 1.50. The molecular weight excluding hydrogens is 348 g/mol. The third kappa shape index (κ3) is 4.82. The first-order chi connectivity index (χ1) is 13.2. The lowest BCUT2D eigenvalue weighted by molar-refractivity contribution is -0.136. The second kappa shape index (κ2) is 8.80. The molecule has 1 heterocycles. The van der Waals surface area contributed by atoms with E-state index in [1.165, 1.54) is 6.08 Å². The summed E-state index contributed by atoms with van der Waals surface area (Å²) < 4.78 is 26.2. The average Bonchev–Trinajstić information content (AvgIpc) is 3.17. The highest BCUT2D eigenvalue weighted by atomic mass is 16.7. The van der Waals surface area contributed by atoms with Gasteiger partial charge < -0.3 is 23.7 Å². The van der Waals surface area contributed by atoms with Crippen LogP contribution in [0.25, 0.3) is 12.2 Å². The van der Waals surface area contributed by atoms with Crippen molar-refractivity contribution in [3.8, 4) is 23.0 Å². The Morgan fingerprint density at radius 1 is 0.963 bits per heavy atom. The van der Waals surface area contributed by atoms with Gasteiger partial charge >= 0.3 is 5.97 Å². The number of esters is 1. The van der Waals surface area contributed by atoms with Crippen LogP contribution in [0.15, 0.2) is 48.6 Å². The number of hydrogen-bond donors (Lipinski definition) is 0. The van der Waals surface area contributed by atoms with Gasteiger partial charge in [0.25, 0.3) is 0 Å². The summed E-state index contributed by atoms with van der Waals surface area (Å²) in [7, 11) is 3.13. The van der Waals surface area contributed by atoms with E-state index in [4.69, 9.17) is 23.7 Å². The summed E-state index contributed by atoms with van der Waals surface area (Å²) in [6.45, 7) is 0.413. The van der Waals surface area contributed by atoms with Crippen molar-refractivity contribution >= 4 is 18.1 Å². The molecule has 2 aromatic carbocycles. The smallest absolute Gasteiger partial charge is 0.331 e. The van der Waals surface area contributed by atoms with E-state index in [1.54, 1.807) is 38.5 Å². The number of fused-ring (bicyclic) bond motifs is 1. The average molecular weight is 368 g/mol. The van der Waals surface area contributed by atoms with Gasteiger partial charge in [0.15, 0.2) is 23.0 Å². The molecule has 0 N–H and O–H groups in total. The van der Waals surface area contributed by atoms with Crippen molar-refractivity contribution in [3.63, 3.8) is 0 Å². The van der Waals surface area contributed by atoms with Gasteiger partial charge in [-0.15, -0.1) is 0 Å². The van der Waals surface area contributed by atoms with E-state index in [-0.39, 0.29) is 13.4 Å². The van der Waals surface area contributed by atoms with E-state index in [0.29, 0.717) is 17.2 Å². The minimum atomic E-state index is -0.430. The summed E-state index contributed by atoms with van der Waals surface area (Å²) in [5, 5.41) is 0. The molecule has 0 fully saturated rings. The zero-order valence-electron chi connectivity index (χ0n) is 15.1. The van der Waals surface area contributed by atoms with E-state index < -0.39 is 5.97 Å². The predicted molar refractivity (Wildman–Crippen MR) is 101 cm³/mol. The Hall–Kier alpha value is -3.41. The molecule has 0 aliphatic carbocycles. The van der Waals surface area contributed by atoms with Crippen LogP contribution in [0.2, 0.25) is 0 Å². The summed E-state index contributed by atoms with van der Waals surface area (Å²) in [5.74, 6) is 2.25. The van der Waals surface area contributed by atoms with Crippen molar-refractivity contribution in [2.24, 2.45) is 0 Å². The van der Waals surface area contributed by atoms with Crippen LogP contribution in [-0.4, -0.2) is 33.6 Å². The molecule has 1 aliphatic heterocycles. The summed E-state index contributed by atoms with van der Waals surface area (Å²) >= 11 is 0. The molecule has 1 aliphatic rings.